The SMILES string of the molecule is CSCCC(NS(=O)(=O)c1ccc2c(c1)oc(=O)n2C)C(=O)NC1CCCCCC1. The number of nitrogens with zero attached hydrogens (tertiary/aromatic N) is 1. The molecule has 2 N–H and O–H groups in total. The van der Waals surface area contributed by atoms with Crippen LogP contribution in [-0.2, 0) is 21.9 Å². The monoisotopic (exact) mass is 455 g/mol. The number of nitrogens with one attached hydrogen (secondary N) is 2. The van der Waals surface area contributed by atoms with E-state index in [1.165, 1.54) is 35.6 Å². The van der Waals surface area contributed by atoms with Crippen LogP contribution in [0.1, 0.15) is 44.9 Å². The van der Waals surface area contributed by atoms with Crippen molar-refractivity contribution in [2.75, 3.05) is 12.0 Å². The molecule has 1 heterocycles. The molecule has 1 aliphatic rings. The fraction of sp³-hybridized carbons (Fsp3) is 0.600. The molecule has 0 radical (unpaired) electrons. The van der Waals surface area contributed by atoms with Gasteiger partial charge in [0.2, 0.25) is 15.9 Å². The Morgan fingerprint density at radius 1 is 1.27 bits per heavy atom. The number of benzene rings is 1. The number of aromatic nitrogens is 1. The van der Waals surface area contributed by atoms with E-state index in [0.29, 0.717) is 17.7 Å². The summed E-state index contributed by atoms with van der Waals surface area (Å²) < 4.78 is 34.9. The van der Waals surface area contributed by atoms with Crippen molar-refractivity contribution < 1.29 is 17.6 Å². The van der Waals surface area contributed by atoms with E-state index < -0.39 is 21.8 Å². The van der Waals surface area contributed by atoms with Gasteiger partial charge in [-0.2, -0.15) is 16.5 Å². The highest BCUT2D eigenvalue weighted by Crippen LogP contribution is 2.20. The van der Waals surface area contributed by atoms with Gasteiger partial charge in [-0.3, -0.25) is 9.36 Å². The van der Waals surface area contributed by atoms with Crippen LogP contribution in [-0.4, -0.2) is 43.0 Å². The number of hydrogen-bond acceptors (Lipinski definition) is 6. The first kappa shape index (κ1) is 22.9. The average molecular weight is 456 g/mol. The Labute approximate surface area is 180 Å². The smallest absolute Gasteiger partial charge is 0.408 e. The first-order valence-electron chi connectivity index (χ1n) is 10.2. The molecule has 1 unspecified atom stereocenters. The molecule has 30 heavy (non-hydrogen) atoms. The Hall–Kier alpha value is -1.78. The quantitative estimate of drug-likeness (QED) is 0.591. The lowest BCUT2D eigenvalue weighted by atomic mass is 10.1. The molecule has 1 amide bonds. The number of aryl methyl sites for hydroxylation is 1. The number of thioether (sulfide) groups is 1. The zero-order chi connectivity index (χ0) is 21.7. The molecule has 1 saturated carbocycles. The first-order chi connectivity index (χ1) is 14.3. The summed E-state index contributed by atoms with van der Waals surface area (Å²) in [6, 6.07) is 3.49. The Morgan fingerprint density at radius 2 is 1.97 bits per heavy atom. The van der Waals surface area contributed by atoms with E-state index in [9.17, 15) is 18.0 Å². The van der Waals surface area contributed by atoms with E-state index in [1.54, 1.807) is 18.8 Å². The van der Waals surface area contributed by atoms with Crippen LogP contribution < -0.4 is 15.8 Å². The number of oxazole rings is 1. The maximum Gasteiger partial charge on any atom is 0.419 e. The second kappa shape index (κ2) is 10.0. The number of hydrogen-bond donors (Lipinski definition) is 2. The highest BCUT2D eigenvalue weighted by molar-refractivity contribution is 7.98. The van der Waals surface area contributed by atoms with Crippen molar-refractivity contribution in [1.82, 2.24) is 14.6 Å². The lowest BCUT2D eigenvalue weighted by molar-refractivity contribution is -0.123. The molecule has 1 aliphatic carbocycles. The third-order valence-electron chi connectivity index (χ3n) is 5.50. The van der Waals surface area contributed by atoms with Gasteiger partial charge in [0.05, 0.1) is 10.4 Å². The number of carbonyl (C=O) groups is 1. The minimum absolute atomic E-state index is 0.0410. The molecule has 1 aromatic carbocycles. The average Bonchev–Trinajstić information content (AvgIpc) is 2.88. The topological polar surface area (TPSA) is 110 Å². The molecule has 8 nitrogen and oxygen atoms in total. The van der Waals surface area contributed by atoms with Crippen LogP contribution in [0, 0.1) is 0 Å². The molecular formula is C20H29N3O5S2. The third-order valence-corrected chi connectivity index (χ3v) is 7.61. The van der Waals surface area contributed by atoms with Crippen LogP contribution in [0.3, 0.4) is 0 Å². The molecular weight excluding hydrogens is 426 g/mol. The minimum atomic E-state index is -3.97. The van der Waals surface area contributed by atoms with Crippen LogP contribution in [0.5, 0.6) is 0 Å². The number of fused-ring (bicyclic) bond motifs is 1. The van der Waals surface area contributed by atoms with Crippen molar-refractivity contribution >= 4 is 38.8 Å². The summed E-state index contributed by atoms with van der Waals surface area (Å²) in [7, 11) is -2.42. The first-order valence-corrected chi connectivity index (χ1v) is 13.1. The van der Waals surface area contributed by atoms with Crippen LogP contribution in [0.25, 0.3) is 11.1 Å². The van der Waals surface area contributed by atoms with Crippen molar-refractivity contribution in [2.24, 2.45) is 7.05 Å². The molecule has 0 saturated heterocycles. The molecule has 0 spiro atoms. The number of rotatable bonds is 8. The molecule has 1 aromatic heterocycles. The predicted molar refractivity (Wildman–Crippen MR) is 118 cm³/mol. The zero-order valence-electron chi connectivity index (χ0n) is 17.3. The fourth-order valence-corrected chi connectivity index (χ4v) is 5.46. The molecule has 0 bridgehead atoms. The second-order valence-corrected chi connectivity index (χ2v) is 10.4. The maximum atomic E-state index is 13.0. The van der Waals surface area contributed by atoms with E-state index in [2.05, 4.69) is 10.0 Å². The van der Waals surface area contributed by atoms with Gasteiger partial charge < -0.3 is 9.73 Å². The normalized spacial score (nSPS) is 17.0. The van der Waals surface area contributed by atoms with E-state index >= 15 is 0 Å². The standard InChI is InChI=1S/C20H29N3O5S2/c1-23-17-10-9-15(13-18(17)28-20(23)25)30(26,27)22-16(11-12-29-2)19(24)21-14-7-5-3-4-6-8-14/h9-10,13-14,16,22H,3-8,11-12H2,1-2H3,(H,21,24). The molecule has 2 aromatic rings. The summed E-state index contributed by atoms with van der Waals surface area (Å²) in [5.41, 5.74) is 0.693. The van der Waals surface area contributed by atoms with Crippen molar-refractivity contribution in [3.8, 4) is 0 Å². The largest absolute Gasteiger partial charge is 0.419 e. The lowest BCUT2D eigenvalue weighted by Crippen LogP contribution is -2.49. The summed E-state index contributed by atoms with van der Waals surface area (Å²) >= 11 is 1.56. The van der Waals surface area contributed by atoms with Crippen molar-refractivity contribution in [3.05, 3.63) is 28.7 Å². The van der Waals surface area contributed by atoms with Gasteiger partial charge in [0.1, 0.15) is 6.04 Å². The molecule has 3 rings (SSSR count). The Kier molecular flexibility index (Phi) is 7.65. The number of amides is 1. The van der Waals surface area contributed by atoms with Crippen molar-refractivity contribution in [3.63, 3.8) is 0 Å². The van der Waals surface area contributed by atoms with Gasteiger partial charge in [-0.15, -0.1) is 0 Å². The van der Waals surface area contributed by atoms with E-state index in [0.717, 1.165) is 25.7 Å². The molecule has 166 valence electrons. The third kappa shape index (κ3) is 5.47. The van der Waals surface area contributed by atoms with E-state index in [4.69, 9.17) is 4.42 Å². The predicted octanol–water partition coefficient (Wildman–Crippen LogP) is 2.37. The van der Waals surface area contributed by atoms with Crippen LogP contribution in [0.2, 0.25) is 0 Å². The van der Waals surface area contributed by atoms with Crippen LogP contribution >= 0.6 is 11.8 Å². The highest BCUT2D eigenvalue weighted by atomic mass is 32.2. The summed E-state index contributed by atoms with van der Waals surface area (Å²) in [6.07, 6.45) is 8.67. The molecule has 0 aliphatic heterocycles. The highest BCUT2D eigenvalue weighted by Gasteiger charge is 2.28. The van der Waals surface area contributed by atoms with Gasteiger partial charge in [-0.05, 0) is 43.4 Å². The van der Waals surface area contributed by atoms with Gasteiger partial charge in [-0.1, -0.05) is 25.7 Å². The van der Waals surface area contributed by atoms with E-state index in [-0.39, 0.29) is 22.4 Å². The summed E-state index contributed by atoms with van der Waals surface area (Å²) in [5.74, 6) is -0.197. The van der Waals surface area contributed by atoms with Gasteiger partial charge in [0.25, 0.3) is 0 Å². The Bertz CT molecular complexity index is 1040. The van der Waals surface area contributed by atoms with Crippen molar-refractivity contribution in [1.29, 1.82) is 0 Å². The Morgan fingerprint density at radius 3 is 2.63 bits per heavy atom. The number of sulfonamides is 1. The van der Waals surface area contributed by atoms with Gasteiger partial charge in [0, 0.05) is 19.2 Å². The molecule has 10 heteroatoms. The summed E-state index contributed by atoms with van der Waals surface area (Å²) in [4.78, 5) is 24.5. The second-order valence-electron chi connectivity index (χ2n) is 7.71. The summed E-state index contributed by atoms with van der Waals surface area (Å²) in [5, 5.41) is 3.04. The summed E-state index contributed by atoms with van der Waals surface area (Å²) in [6.45, 7) is 0. The fourth-order valence-electron chi connectivity index (χ4n) is 3.74. The minimum Gasteiger partial charge on any atom is -0.408 e. The van der Waals surface area contributed by atoms with Crippen LogP contribution in [0.15, 0.2) is 32.3 Å². The van der Waals surface area contributed by atoms with Gasteiger partial charge >= 0.3 is 5.76 Å². The maximum absolute atomic E-state index is 13.0. The van der Waals surface area contributed by atoms with Crippen molar-refractivity contribution in [2.45, 2.75) is 61.9 Å². The molecule has 1 fully saturated rings. The van der Waals surface area contributed by atoms with Gasteiger partial charge in [-0.25, -0.2) is 13.2 Å². The van der Waals surface area contributed by atoms with E-state index in [1.807, 2.05) is 6.26 Å². The zero-order valence-corrected chi connectivity index (χ0v) is 19.0. The Balaban J connectivity index is 1.78. The van der Waals surface area contributed by atoms with Gasteiger partial charge in [0.15, 0.2) is 5.58 Å². The van der Waals surface area contributed by atoms with Crippen LogP contribution in [0.4, 0.5) is 0 Å². The number of carbonyl (C=O) groups excluding carboxylic acids is 1. The lowest BCUT2D eigenvalue weighted by Gasteiger charge is -2.22. The molecule has 1 atom stereocenters.